The Labute approximate surface area is 179 Å². The Hall–Kier alpha value is -3.20. The number of hydrogen-bond acceptors (Lipinski definition) is 7. The number of carbonyl (C=O) groups excluding carboxylic acids is 2. The molecule has 0 aliphatic rings. The Morgan fingerprint density at radius 1 is 1.31 bits per heavy atom. The summed E-state index contributed by atoms with van der Waals surface area (Å²) in [5.41, 5.74) is 2.66. The van der Waals surface area contributed by atoms with Crippen molar-refractivity contribution in [1.82, 2.24) is 5.43 Å². The number of amides is 1. The lowest BCUT2D eigenvalue weighted by Crippen LogP contribution is -2.19. The van der Waals surface area contributed by atoms with Crippen LogP contribution < -0.4 is 14.9 Å². The number of nitrogens with zero attached hydrogens (tertiary/aromatic N) is 2. The van der Waals surface area contributed by atoms with E-state index in [1.807, 2.05) is 22.6 Å². The molecule has 0 aliphatic heterocycles. The second-order valence-corrected chi connectivity index (χ2v) is 6.57. The lowest BCUT2D eigenvalue weighted by Gasteiger charge is -2.12. The van der Waals surface area contributed by atoms with E-state index in [1.54, 1.807) is 18.2 Å². The minimum absolute atomic E-state index is 0.110. The molecule has 2 aromatic rings. The predicted molar refractivity (Wildman–Crippen MR) is 109 cm³/mol. The van der Waals surface area contributed by atoms with E-state index in [2.05, 4.69) is 15.3 Å². The molecule has 0 saturated carbocycles. The zero-order valence-electron chi connectivity index (χ0n) is 15.4. The van der Waals surface area contributed by atoms with Gasteiger partial charge in [0.1, 0.15) is 5.82 Å². The van der Waals surface area contributed by atoms with Gasteiger partial charge in [0, 0.05) is 0 Å². The van der Waals surface area contributed by atoms with Crippen LogP contribution in [0.15, 0.2) is 35.4 Å². The maximum Gasteiger partial charge on any atom is 0.343 e. The van der Waals surface area contributed by atoms with E-state index in [-0.39, 0.29) is 17.7 Å². The normalized spacial score (nSPS) is 10.3. The molecule has 0 spiro atoms. The standard InChI is InChI=1S/C19H15FIN3O5/c1-27-16-7-12(6-15(21)18(16)29-10-17(25)28-2)9-23-24-19(26)13-4-3-11(8-22)5-14(13)20/h3-7,9H,10H2,1-2H3,(H,24,26)/b23-9-. The summed E-state index contributed by atoms with van der Waals surface area (Å²) in [6, 6.07) is 8.58. The van der Waals surface area contributed by atoms with Crippen LogP contribution in [0.1, 0.15) is 21.5 Å². The highest BCUT2D eigenvalue weighted by molar-refractivity contribution is 14.1. The summed E-state index contributed by atoms with van der Waals surface area (Å²) < 4.78 is 29.7. The average Bonchev–Trinajstić information content (AvgIpc) is 2.71. The Bertz CT molecular complexity index is 1000. The number of nitrogens with one attached hydrogen (secondary N) is 1. The molecule has 0 aliphatic carbocycles. The quantitative estimate of drug-likeness (QED) is 0.265. The monoisotopic (exact) mass is 511 g/mol. The van der Waals surface area contributed by atoms with Crippen LogP contribution >= 0.6 is 22.6 Å². The number of benzene rings is 2. The Kier molecular flexibility index (Phi) is 7.90. The molecule has 29 heavy (non-hydrogen) atoms. The number of esters is 1. The first kappa shape index (κ1) is 22.1. The van der Waals surface area contributed by atoms with Crippen LogP contribution in [0, 0.1) is 20.7 Å². The molecule has 0 aromatic heterocycles. The van der Waals surface area contributed by atoms with Gasteiger partial charge in [-0.05, 0) is 58.5 Å². The van der Waals surface area contributed by atoms with Gasteiger partial charge >= 0.3 is 5.97 Å². The second-order valence-electron chi connectivity index (χ2n) is 5.40. The molecule has 8 nitrogen and oxygen atoms in total. The van der Waals surface area contributed by atoms with Gasteiger partial charge in [-0.3, -0.25) is 4.79 Å². The SMILES string of the molecule is COC(=O)COc1c(I)cc(/C=N\NC(=O)c2ccc(C#N)cc2F)cc1OC. The summed E-state index contributed by atoms with van der Waals surface area (Å²) in [5, 5.41) is 12.5. The highest BCUT2D eigenvalue weighted by Gasteiger charge is 2.14. The molecule has 2 rings (SSSR count). The van der Waals surface area contributed by atoms with Gasteiger partial charge in [-0.1, -0.05) is 0 Å². The molecule has 0 radical (unpaired) electrons. The van der Waals surface area contributed by atoms with Crippen molar-refractivity contribution in [3.05, 3.63) is 56.4 Å². The van der Waals surface area contributed by atoms with Crippen molar-refractivity contribution in [3.63, 3.8) is 0 Å². The molecule has 0 saturated heterocycles. The van der Waals surface area contributed by atoms with Crippen molar-refractivity contribution >= 4 is 40.7 Å². The third-order valence-corrected chi connectivity index (χ3v) is 4.34. The molecule has 1 amide bonds. The third-order valence-electron chi connectivity index (χ3n) is 3.54. The smallest absolute Gasteiger partial charge is 0.343 e. The van der Waals surface area contributed by atoms with E-state index in [1.165, 1.54) is 32.6 Å². The van der Waals surface area contributed by atoms with Gasteiger partial charge in [0.2, 0.25) is 0 Å². The molecule has 0 bridgehead atoms. The van der Waals surface area contributed by atoms with Crippen molar-refractivity contribution in [1.29, 1.82) is 5.26 Å². The molecular formula is C19H15FIN3O5. The van der Waals surface area contributed by atoms with E-state index >= 15 is 0 Å². The number of nitriles is 1. The minimum atomic E-state index is -0.819. The number of rotatable bonds is 7. The number of ether oxygens (including phenoxy) is 3. The van der Waals surface area contributed by atoms with Crippen LogP contribution in [-0.4, -0.2) is 38.9 Å². The van der Waals surface area contributed by atoms with Gasteiger partial charge in [-0.2, -0.15) is 10.4 Å². The van der Waals surface area contributed by atoms with Crippen molar-refractivity contribution in [2.45, 2.75) is 0 Å². The highest BCUT2D eigenvalue weighted by Crippen LogP contribution is 2.33. The summed E-state index contributed by atoms with van der Waals surface area (Å²) >= 11 is 2.00. The van der Waals surface area contributed by atoms with E-state index in [9.17, 15) is 14.0 Å². The van der Waals surface area contributed by atoms with Crippen LogP contribution in [0.4, 0.5) is 4.39 Å². The van der Waals surface area contributed by atoms with Gasteiger partial charge in [0.15, 0.2) is 18.1 Å². The highest BCUT2D eigenvalue weighted by atomic mass is 127. The van der Waals surface area contributed by atoms with E-state index in [0.717, 1.165) is 6.07 Å². The molecule has 0 fully saturated rings. The third kappa shape index (κ3) is 5.89. The Morgan fingerprint density at radius 2 is 2.07 bits per heavy atom. The molecular weight excluding hydrogens is 496 g/mol. The Morgan fingerprint density at radius 3 is 2.69 bits per heavy atom. The fourth-order valence-corrected chi connectivity index (χ4v) is 2.92. The zero-order chi connectivity index (χ0) is 21.4. The molecule has 10 heteroatoms. The van der Waals surface area contributed by atoms with Crippen LogP contribution in [0.5, 0.6) is 11.5 Å². The van der Waals surface area contributed by atoms with E-state index in [0.29, 0.717) is 20.6 Å². The lowest BCUT2D eigenvalue weighted by atomic mass is 10.1. The van der Waals surface area contributed by atoms with Crippen LogP contribution in [0.2, 0.25) is 0 Å². The number of methoxy groups -OCH3 is 2. The first-order chi connectivity index (χ1) is 13.9. The summed E-state index contributed by atoms with van der Waals surface area (Å²) in [7, 11) is 2.69. The van der Waals surface area contributed by atoms with Crippen molar-refractivity contribution in [3.8, 4) is 17.6 Å². The maximum atomic E-state index is 13.9. The maximum absolute atomic E-state index is 13.9. The summed E-state index contributed by atoms with van der Waals surface area (Å²) in [6.45, 7) is -0.275. The lowest BCUT2D eigenvalue weighted by molar-refractivity contribution is -0.142. The Balaban J connectivity index is 2.12. The van der Waals surface area contributed by atoms with Crippen LogP contribution in [0.25, 0.3) is 0 Å². The summed E-state index contributed by atoms with van der Waals surface area (Å²) in [5.74, 6) is -1.40. The topological polar surface area (TPSA) is 110 Å². The van der Waals surface area contributed by atoms with Crippen molar-refractivity contribution in [2.75, 3.05) is 20.8 Å². The van der Waals surface area contributed by atoms with Gasteiger partial charge in [-0.25, -0.2) is 14.6 Å². The van der Waals surface area contributed by atoms with Crippen molar-refractivity contribution < 1.29 is 28.2 Å². The van der Waals surface area contributed by atoms with Crippen LogP contribution in [-0.2, 0) is 9.53 Å². The van der Waals surface area contributed by atoms with E-state index < -0.39 is 17.7 Å². The van der Waals surface area contributed by atoms with Gasteiger partial charge in [0.05, 0.1) is 41.2 Å². The number of carbonyl (C=O) groups is 2. The molecule has 150 valence electrons. The van der Waals surface area contributed by atoms with Crippen LogP contribution in [0.3, 0.4) is 0 Å². The molecule has 0 unspecified atom stereocenters. The first-order valence-corrected chi connectivity index (χ1v) is 9.07. The number of halogens is 2. The number of hydrogen-bond donors (Lipinski definition) is 1. The predicted octanol–water partition coefficient (Wildman–Crippen LogP) is 2.63. The van der Waals surface area contributed by atoms with E-state index in [4.69, 9.17) is 14.7 Å². The van der Waals surface area contributed by atoms with Gasteiger partial charge in [0.25, 0.3) is 5.91 Å². The fraction of sp³-hybridized carbons (Fsp3) is 0.158. The minimum Gasteiger partial charge on any atom is -0.493 e. The van der Waals surface area contributed by atoms with Crippen molar-refractivity contribution in [2.24, 2.45) is 5.10 Å². The second kappa shape index (κ2) is 10.4. The van der Waals surface area contributed by atoms with Gasteiger partial charge in [-0.15, -0.1) is 0 Å². The molecule has 1 N–H and O–H groups in total. The average molecular weight is 511 g/mol. The number of hydrazone groups is 1. The summed E-state index contributed by atoms with van der Waals surface area (Å²) in [4.78, 5) is 23.3. The molecule has 2 aromatic carbocycles. The zero-order valence-corrected chi connectivity index (χ0v) is 17.5. The molecule has 0 heterocycles. The largest absolute Gasteiger partial charge is 0.493 e. The van der Waals surface area contributed by atoms with Gasteiger partial charge < -0.3 is 14.2 Å². The summed E-state index contributed by atoms with van der Waals surface area (Å²) in [6.07, 6.45) is 1.34. The molecule has 0 atom stereocenters. The fourth-order valence-electron chi connectivity index (χ4n) is 2.14. The first-order valence-electron chi connectivity index (χ1n) is 7.99.